The van der Waals surface area contributed by atoms with Gasteiger partial charge < -0.3 is 10.1 Å². The number of halogens is 2. The summed E-state index contributed by atoms with van der Waals surface area (Å²) in [7, 11) is 0. The lowest BCUT2D eigenvalue weighted by Crippen LogP contribution is -2.28. The summed E-state index contributed by atoms with van der Waals surface area (Å²) in [6.45, 7) is 3.85. The first kappa shape index (κ1) is 15.5. The minimum atomic E-state index is 0. The molecule has 1 N–H and O–H groups in total. The van der Waals surface area contributed by atoms with Crippen LogP contribution in [-0.4, -0.2) is 24.2 Å². The van der Waals surface area contributed by atoms with Gasteiger partial charge in [0.05, 0.1) is 5.69 Å². The second-order valence-corrected chi connectivity index (χ2v) is 3.69. The van der Waals surface area contributed by atoms with Crippen LogP contribution >= 0.6 is 24.8 Å². The minimum absolute atomic E-state index is 0. The molecule has 0 unspecified atom stereocenters. The molecule has 1 aliphatic rings. The van der Waals surface area contributed by atoms with E-state index >= 15 is 0 Å². The Balaban J connectivity index is 0.00000112. The summed E-state index contributed by atoms with van der Waals surface area (Å²) >= 11 is 0. The second-order valence-electron chi connectivity index (χ2n) is 3.69. The maximum Gasteiger partial charge on any atom is 0.140 e. The van der Waals surface area contributed by atoms with Crippen molar-refractivity contribution in [1.29, 1.82) is 0 Å². The van der Waals surface area contributed by atoms with Crippen molar-refractivity contribution in [2.24, 2.45) is 0 Å². The zero-order chi connectivity index (χ0) is 9.80. The van der Waals surface area contributed by atoms with Crippen molar-refractivity contribution in [2.75, 3.05) is 13.2 Å². The first-order valence-corrected chi connectivity index (χ1v) is 5.14. The average molecular weight is 265 g/mol. The highest BCUT2D eigenvalue weighted by Crippen LogP contribution is 2.15. The molecule has 2 rings (SSSR count). The van der Waals surface area contributed by atoms with E-state index in [9.17, 15) is 0 Å². The van der Waals surface area contributed by atoms with E-state index in [0.717, 1.165) is 24.6 Å². The van der Waals surface area contributed by atoms with E-state index in [0.29, 0.717) is 6.04 Å². The van der Waals surface area contributed by atoms with Crippen molar-refractivity contribution >= 4 is 24.8 Å². The lowest BCUT2D eigenvalue weighted by atomic mass is 10.2. The molecule has 92 valence electrons. The maximum atomic E-state index is 5.70. The molecule has 0 saturated carbocycles. The number of nitrogens with one attached hydrogen (secondary N) is 1. The monoisotopic (exact) mass is 264 g/mol. The average Bonchev–Trinajstić information content (AvgIpc) is 2.69. The lowest BCUT2D eigenvalue weighted by Gasteiger charge is -2.12. The fraction of sp³-hybridized carbons (Fsp3) is 0.545. The van der Waals surface area contributed by atoms with E-state index in [1.807, 2.05) is 19.1 Å². The van der Waals surface area contributed by atoms with Crippen molar-refractivity contribution in [3.8, 4) is 5.75 Å². The fourth-order valence-corrected chi connectivity index (χ4v) is 1.71. The fourth-order valence-electron chi connectivity index (χ4n) is 1.71. The molecule has 16 heavy (non-hydrogen) atoms. The van der Waals surface area contributed by atoms with Crippen LogP contribution in [0, 0.1) is 6.92 Å². The highest BCUT2D eigenvalue weighted by molar-refractivity contribution is 5.85. The Bertz CT molecular complexity index is 304. The molecule has 0 radical (unpaired) electrons. The van der Waals surface area contributed by atoms with Gasteiger partial charge in [-0.15, -0.1) is 24.8 Å². The molecule has 0 spiro atoms. The third kappa shape index (κ3) is 4.16. The number of aromatic nitrogens is 1. The third-order valence-electron chi connectivity index (χ3n) is 2.56. The molecule has 1 aliphatic heterocycles. The quantitative estimate of drug-likeness (QED) is 0.911. The van der Waals surface area contributed by atoms with Gasteiger partial charge in [0.15, 0.2) is 0 Å². The predicted molar refractivity (Wildman–Crippen MR) is 70.0 cm³/mol. The van der Waals surface area contributed by atoms with Crippen molar-refractivity contribution in [3.63, 3.8) is 0 Å². The van der Waals surface area contributed by atoms with Gasteiger partial charge in [0.2, 0.25) is 0 Å². The highest BCUT2D eigenvalue weighted by Gasteiger charge is 2.14. The van der Waals surface area contributed by atoms with Crippen molar-refractivity contribution in [1.82, 2.24) is 10.3 Å². The zero-order valence-corrected chi connectivity index (χ0v) is 10.9. The molecule has 1 atom stereocenters. The molecule has 1 aromatic rings. The van der Waals surface area contributed by atoms with Gasteiger partial charge in [-0.3, -0.25) is 4.98 Å². The van der Waals surface area contributed by atoms with Crippen molar-refractivity contribution in [2.45, 2.75) is 25.8 Å². The van der Waals surface area contributed by atoms with E-state index in [2.05, 4.69) is 10.3 Å². The van der Waals surface area contributed by atoms with Crippen LogP contribution in [0.25, 0.3) is 0 Å². The third-order valence-corrected chi connectivity index (χ3v) is 2.56. The largest absolute Gasteiger partial charge is 0.490 e. The molecule has 0 bridgehead atoms. The number of ether oxygens (including phenoxy) is 1. The molecular formula is C11H18Cl2N2O. The number of hydrogen-bond donors (Lipinski definition) is 1. The van der Waals surface area contributed by atoms with Gasteiger partial charge in [-0.1, -0.05) is 0 Å². The molecule has 0 amide bonds. The topological polar surface area (TPSA) is 34.1 Å². The lowest BCUT2D eigenvalue weighted by molar-refractivity contribution is 0.274. The van der Waals surface area contributed by atoms with Gasteiger partial charge >= 0.3 is 0 Å². The molecule has 1 saturated heterocycles. The van der Waals surface area contributed by atoms with Crippen LogP contribution < -0.4 is 10.1 Å². The van der Waals surface area contributed by atoms with Crippen LogP contribution in [0.5, 0.6) is 5.75 Å². The van der Waals surface area contributed by atoms with Crippen LogP contribution in [0.1, 0.15) is 18.5 Å². The van der Waals surface area contributed by atoms with Gasteiger partial charge in [0.25, 0.3) is 0 Å². The van der Waals surface area contributed by atoms with Gasteiger partial charge in [0.1, 0.15) is 12.4 Å². The number of rotatable bonds is 3. The second kappa shape index (κ2) is 7.71. The molecule has 1 aromatic heterocycles. The molecule has 3 nitrogen and oxygen atoms in total. The normalized spacial score (nSPS) is 18.4. The number of nitrogens with zero attached hydrogens (tertiary/aromatic N) is 1. The van der Waals surface area contributed by atoms with E-state index in [1.54, 1.807) is 6.20 Å². The maximum absolute atomic E-state index is 5.70. The summed E-state index contributed by atoms with van der Waals surface area (Å²) in [5.74, 6) is 0.904. The Labute approximate surface area is 109 Å². The van der Waals surface area contributed by atoms with Crippen LogP contribution in [-0.2, 0) is 0 Å². The molecule has 0 aromatic carbocycles. The Hall–Kier alpha value is -0.510. The van der Waals surface area contributed by atoms with Crippen LogP contribution in [0.2, 0.25) is 0 Å². The highest BCUT2D eigenvalue weighted by atomic mass is 35.5. The summed E-state index contributed by atoms with van der Waals surface area (Å²) in [6, 6.07) is 4.40. The smallest absolute Gasteiger partial charge is 0.140 e. The molecule has 0 aliphatic carbocycles. The van der Waals surface area contributed by atoms with E-state index < -0.39 is 0 Å². The standard InChI is InChI=1S/C11H16N2O.2ClH/c1-9-11(5-3-6-12-9)14-8-10-4-2-7-13-10;;/h3,5-6,10,13H,2,4,7-8H2,1H3;2*1H/t10-;;/m0../s1. The van der Waals surface area contributed by atoms with Crippen molar-refractivity contribution < 1.29 is 4.74 Å². The van der Waals surface area contributed by atoms with Crippen LogP contribution in [0.4, 0.5) is 0 Å². The summed E-state index contributed by atoms with van der Waals surface area (Å²) in [6.07, 6.45) is 4.27. The Kier molecular flexibility index (Phi) is 7.47. The Morgan fingerprint density at radius 2 is 2.31 bits per heavy atom. The van der Waals surface area contributed by atoms with Gasteiger partial charge in [-0.05, 0) is 38.4 Å². The van der Waals surface area contributed by atoms with Gasteiger partial charge in [-0.25, -0.2) is 0 Å². The summed E-state index contributed by atoms with van der Waals surface area (Å²) < 4.78 is 5.70. The Morgan fingerprint density at radius 3 is 2.94 bits per heavy atom. The molecular weight excluding hydrogens is 247 g/mol. The van der Waals surface area contributed by atoms with E-state index in [1.165, 1.54) is 12.8 Å². The first-order valence-electron chi connectivity index (χ1n) is 5.14. The van der Waals surface area contributed by atoms with E-state index in [-0.39, 0.29) is 24.8 Å². The number of aryl methyl sites for hydroxylation is 1. The van der Waals surface area contributed by atoms with E-state index in [4.69, 9.17) is 4.74 Å². The van der Waals surface area contributed by atoms with Gasteiger partial charge in [-0.2, -0.15) is 0 Å². The number of hydrogen-bond acceptors (Lipinski definition) is 3. The molecule has 5 heteroatoms. The molecule has 2 heterocycles. The van der Waals surface area contributed by atoms with Crippen LogP contribution in [0.15, 0.2) is 18.3 Å². The minimum Gasteiger partial charge on any atom is -0.490 e. The summed E-state index contributed by atoms with van der Waals surface area (Å²) in [5, 5.41) is 3.40. The number of pyridine rings is 1. The first-order chi connectivity index (χ1) is 6.86. The van der Waals surface area contributed by atoms with Crippen molar-refractivity contribution in [3.05, 3.63) is 24.0 Å². The zero-order valence-electron chi connectivity index (χ0n) is 9.31. The summed E-state index contributed by atoms with van der Waals surface area (Å²) in [5.41, 5.74) is 0.963. The van der Waals surface area contributed by atoms with Gasteiger partial charge in [0, 0.05) is 12.2 Å². The SMILES string of the molecule is Cc1ncccc1OC[C@@H]1CCCN1.Cl.Cl. The van der Waals surface area contributed by atoms with Crippen LogP contribution in [0.3, 0.4) is 0 Å². The predicted octanol–water partition coefficient (Wildman–Crippen LogP) is 2.36. The summed E-state index contributed by atoms with van der Waals surface area (Å²) in [4.78, 5) is 4.18. The Morgan fingerprint density at radius 1 is 1.50 bits per heavy atom. The molecule has 1 fully saturated rings.